The average Bonchev–Trinajstić information content (AvgIpc) is 2.71. The van der Waals surface area contributed by atoms with Gasteiger partial charge in [-0.05, 0) is 65.7 Å². The lowest BCUT2D eigenvalue weighted by Gasteiger charge is -2.26. The summed E-state index contributed by atoms with van der Waals surface area (Å²) < 4.78 is 30.1. The number of hydrogen-bond donors (Lipinski definition) is 2. The number of benzene rings is 1. The van der Waals surface area contributed by atoms with Gasteiger partial charge in [0.15, 0.2) is 11.5 Å². The van der Waals surface area contributed by atoms with Crippen molar-refractivity contribution in [2.24, 2.45) is 5.73 Å². The van der Waals surface area contributed by atoms with Gasteiger partial charge in [0.05, 0.1) is 13.2 Å². The van der Waals surface area contributed by atoms with E-state index in [0.29, 0.717) is 5.56 Å². The average molecular weight is 500 g/mol. The van der Waals surface area contributed by atoms with Gasteiger partial charge in [-0.2, -0.15) is 0 Å². The van der Waals surface area contributed by atoms with Crippen molar-refractivity contribution >= 4 is 24.4 Å². The first-order valence-corrected chi connectivity index (χ1v) is 11.0. The summed E-state index contributed by atoms with van der Waals surface area (Å²) in [6, 6.07) is 2.62. The summed E-state index contributed by atoms with van der Waals surface area (Å²) in [4.78, 5) is 47.4. The van der Waals surface area contributed by atoms with Gasteiger partial charge in [0.1, 0.15) is 17.7 Å². The van der Waals surface area contributed by atoms with Crippen molar-refractivity contribution in [2.75, 3.05) is 13.2 Å². The summed E-state index contributed by atoms with van der Waals surface area (Å²) >= 11 is 0. The highest BCUT2D eigenvalue weighted by Gasteiger charge is 2.31. The van der Waals surface area contributed by atoms with E-state index in [0.717, 1.165) is 0 Å². The molecule has 0 spiro atoms. The zero-order valence-electron chi connectivity index (χ0n) is 20.7. The van der Waals surface area contributed by atoms with Gasteiger partial charge in [-0.1, -0.05) is 6.07 Å². The molecule has 1 aromatic rings. The number of ether oxygens (including phenoxy) is 6. The molecule has 3 N–H and O–H groups in total. The van der Waals surface area contributed by atoms with Crippen LogP contribution in [0.1, 0.15) is 59.4 Å². The molecule has 0 aliphatic rings. The maximum Gasteiger partial charge on any atom is 0.513 e. The zero-order chi connectivity index (χ0) is 26.8. The van der Waals surface area contributed by atoms with Crippen LogP contribution in [-0.2, 0) is 23.7 Å². The maximum absolute atomic E-state index is 12.0. The van der Waals surface area contributed by atoms with Crippen LogP contribution >= 0.6 is 0 Å². The van der Waals surface area contributed by atoms with Gasteiger partial charge in [0.25, 0.3) is 0 Å². The molecule has 0 bridgehead atoms. The monoisotopic (exact) mass is 499 g/mol. The number of nitrogens with two attached hydrogens (primary N) is 1. The number of carbonyl (C=O) groups excluding carboxylic acids is 3. The Hall–Kier alpha value is -3.54. The SMILES string of the molecule is CCOC(=O)Oc1ccc(C(CC(C)OC(=O)OC(C)(C)C)[C@H](N)C(=O)O)cc1OC(=O)OCC. The minimum Gasteiger partial charge on any atom is -0.480 e. The second-order valence-electron chi connectivity index (χ2n) is 8.38. The molecule has 0 aliphatic heterocycles. The van der Waals surface area contributed by atoms with E-state index >= 15 is 0 Å². The Labute approximate surface area is 203 Å². The highest BCUT2D eigenvalue weighted by Crippen LogP contribution is 2.35. The van der Waals surface area contributed by atoms with E-state index in [1.165, 1.54) is 18.2 Å². The van der Waals surface area contributed by atoms with Crippen molar-refractivity contribution in [3.8, 4) is 11.5 Å². The largest absolute Gasteiger partial charge is 0.513 e. The van der Waals surface area contributed by atoms with Crippen LogP contribution in [0.4, 0.5) is 14.4 Å². The summed E-state index contributed by atoms with van der Waals surface area (Å²) in [5, 5.41) is 9.53. The van der Waals surface area contributed by atoms with Gasteiger partial charge in [-0.25, -0.2) is 14.4 Å². The van der Waals surface area contributed by atoms with E-state index in [4.69, 9.17) is 34.2 Å². The molecule has 0 aromatic heterocycles. The number of carboxylic acids is 1. The molecule has 0 fully saturated rings. The smallest absolute Gasteiger partial charge is 0.480 e. The third kappa shape index (κ3) is 10.5. The Morgan fingerprint density at radius 3 is 1.97 bits per heavy atom. The van der Waals surface area contributed by atoms with E-state index in [1.54, 1.807) is 41.5 Å². The maximum atomic E-state index is 12.0. The van der Waals surface area contributed by atoms with Crippen LogP contribution < -0.4 is 15.2 Å². The van der Waals surface area contributed by atoms with E-state index in [1.807, 2.05) is 0 Å². The first-order chi connectivity index (χ1) is 16.3. The van der Waals surface area contributed by atoms with Crippen molar-refractivity contribution < 1.29 is 52.7 Å². The molecular formula is C23H33NO11. The Balaban J connectivity index is 3.27. The molecule has 0 heterocycles. The molecule has 1 rings (SSSR count). The summed E-state index contributed by atoms with van der Waals surface area (Å²) in [7, 11) is 0. The molecule has 0 radical (unpaired) electrons. The number of aliphatic carboxylic acids is 1. The Morgan fingerprint density at radius 2 is 1.49 bits per heavy atom. The molecule has 35 heavy (non-hydrogen) atoms. The molecule has 0 saturated carbocycles. The van der Waals surface area contributed by atoms with Crippen LogP contribution in [0.2, 0.25) is 0 Å². The van der Waals surface area contributed by atoms with Crippen LogP contribution in [0.5, 0.6) is 11.5 Å². The fraction of sp³-hybridized carbons (Fsp3) is 0.565. The van der Waals surface area contributed by atoms with Gasteiger partial charge in [0, 0.05) is 5.92 Å². The third-order valence-electron chi connectivity index (χ3n) is 4.30. The quantitative estimate of drug-likeness (QED) is 0.270. The Morgan fingerprint density at radius 1 is 0.943 bits per heavy atom. The second-order valence-corrected chi connectivity index (χ2v) is 8.38. The molecule has 3 atom stereocenters. The lowest BCUT2D eigenvalue weighted by atomic mass is 9.87. The first-order valence-electron chi connectivity index (χ1n) is 11.0. The third-order valence-corrected chi connectivity index (χ3v) is 4.30. The number of rotatable bonds is 10. The second kappa shape index (κ2) is 13.4. The molecule has 2 unspecified atom stereocenters. The number of carboxylic acid groups (broad SMARTS) is 1. The van der Waals surface area contributed by atoms with Crippen LogP contribution in [0, 0.1) is 0 Å². The number of carbonyl (C=O) groups is 4. The van der Waals surface area contributed by atoms with Crippen LogP contribution in [0.25, 0.3) is 0 Å². The first kappa shape index (κ1) is 29.5. The van der Waals surface area contributed by atoms with Crippen molar-refractivity contribution in [2.45, 2.75) is 71.6 Å². The van der Waals surface area contributed by atoms with Gasteiger partial charge >= 0.3 is 24.4 Å². The van der Waals surface area contributed by atoms with Gasteiger partial charge < -0.3 is 39.3 Å². The lowest BCUT2D eigenvalue weighted by Crippen LogP contribution is -2.38. The highest BCUT2D eigenvalue weighted by molar-refractivity contribution is 5.75. The highest BCUT2D eigenvalue weighted by atomic mass is 16.7. The lowest BCUT2D eigenvalue weighted by molar-refractivity contribution is -0.139. The van der Waals surface area contributed by atoms with Gasteiger partial charge in [-0.15, -0.1) is 0 Å². The van der Waals surface area contributed by atoms with Crippen molar-refractivity contribution in [3.63, 3.8) is 0 Å². The molecule has 0 amide bonds. The fourth-order valence-corrected chi connectivity index (χ4v) is 2.90. The van der Waals surface area contributed by atoms with Gasteiger partial charge in [0.2, 0.25) is 0 Å². The van der Waals surface area contributed by atoms with E-state index in [2.05, 4.69) is 0 Å². The molecule has 12 nitrogen and oxygen atoms in total. The van der Waals surface area contributed by atoms with Crippen molar-refractivity contribution in [3.05, 3.63) is 23.8 Å². The van der Waals surface area contributed by atoms with Crippen molar-refractivity contribution in [1.82, 2.24) is 0 Å². The standard InChI is InChI=1S/C23H33NO11/c1-7-30-20(27)33-16-10-9-14(12-17(16)34-21(28)31-8-2)15(18(24)19(25)26)11-13(3)32-22(29)35-23(4,5)6/h9-10,12-13,15,18H,7-8,11,24H2,1-6H3,(H,25,26)/t13?,15?,18-/m0/s1. The summed E-state index contributed by atoms with van der Waals surface area (Å²) in [5.74, 6) is -2.59. The predicted molar refractivity (Wildman–Crippen MR) is 121 cm³/mol. The van der Waals surface area contributed by atoms with Crippen LogP contribution in [-0.4, -0.2) is 60.5 Å². The summed E-state index contributed by atoms with van der Waals surface area (Å²) in [5.41, 5.74) is 5.46. The van der Waals surface area contributed by atoms with E-state index < -0.39 is 48.1 Å². The summed E-state index contributed by atoms with van der Waals surface area (Å²) in [6.07, 6.45) is -3.82. The van der Waals surface area contributed by atoms with Crippen molar-refractivity contribution in [1.29, 1.82) is 0 Å². The zero-order valence-corrected chi connectivity index (χ0v) is 20.7. The molecule has 0 aliphatic carbocycles. The van der Waals surface area contributed by atoms with E-state index in [-0.39, 0.29) is 31.1 Å². The Bertz CT molecular complexity index is 894. The molecule has 0 saturated heterocycles. The minimum absolute atomic E-state index is 0.0103. The molecule has 12 heteroatoms. The predicted octanol–water partition coefficient (Wildman–Crippen LogP) is 3.98. The molecular weight excluding hydrogens is 466 g/mol. The topological polar surface area (TPSA) is 170 Å². The van der Waals surface area contributed by atoms with Gasteiger partial charge in [-0.3, -0.25) is 4.79 Å². The molecule has 1 aromatic carbocycles. The van der Waals surface area contributed by atoms with E-state index in [9.17, 15) is 24.3 Å². The Kier molecular flexibility index (Phi) is 11.3. The number of hydrogen-bond acceptors (Lipinski definition) is 11. The summed E-state index contributed by atoms with van der Waals surface area (Å²) in [6.45, 7) is 9.81. The molecule has 196 valence electrons. The minimum atomic E-state index is -1.41. The normalized spacial score (nSPS) is 13.6. The fourth-order valence-electron chi connectivity index (χ4n) is 2.90. The van der Waals surface area contributed by atoms with Crippen LogP contribution in [0.3, 0.4) is 0 Å². The van der Waals surface area contributed by atoms with Crippen LogP contribution in [0.15, 0.2) is 18.2 Å².